The molecule has 2 aromatic rings. The maximum Gasteiger partial charge on any atom is 0.416 e. The van der Waals surface area contributed by atoms with Gasteiger partial charge in [0.15, 0.2) is 5.82 Å². The molecule has 0 radical (unpaired) electrons. The molecule has 9 heteroatoms. The van der Waals surface area contributed by atoms with Gasteiger partial charge in [0, 0.05) is 17.2 Å². The molecule has 0 aliphatic heterocycles. The molecule has 0 fully saturated rings. The standard InChI is InChI=1S/C18H20F3N3O3/c1-11-9-14(23-27-11)22-15(25)10-24(17(2,3)4)16(26)12-5-7-13(8-6-12)18(19,20)21/h5-9H,10H2,1-4H3,(H,22,23,25). The van der Waals surface area contributed by atoms with E-state index in [4.69, 9.17) is 4.52 Å². The summed E-state index contributed by atoms with van der Waals surface area (Å²) in [4.78, 5) is 26.3. The average Bonchev–Trinajstić information content (AvgIpc) is 2.95. The van der Waals surface area contributed by atoms with Gasteiger partial charge in [0.05, 0.1) is 5.56 Å². The Bertz CT molecular complexity index is 821. The highest BCUT2D eigenvalue weighted by Crippen LogP contribution is 2.29. The highest BCUT2D eigenvalue weighted by molar-refractivity contribution is 5.99. The number of amides is 2. The Morgan fingerprint density at radius 1 is 1.15 bits per heavy atom. The summed E-state index contributed by atoms with van der Waals surface area (Å²) >= 11 is 0. The summed E-state index contributed by atoms with van der Waals surface area (Å²) in [5.41, 5.74) is -1.53. The second-order valence-electron chi connectivity index (χ2n) is 7.01. The van der Waals surface area contributed by atoms with Gasteiger partial charge in [-0.05, 0) is 52.0 Å². The van der Waals surface area contributed by atoms with Crippen LogP contribution < -0.4 is 5.32 Å². The molecular formula is C18H20F3N3O3. The molecule has 0 aliphatic carbocycles. The molecule has 2 amide bonds. The molecule has 1 aromatic heterocycles. The molecule has 6 nitrogen and oxygen atoms in total. The number of carbonyl (C=O) groups is 2. The fourth-order valence-electron chi connectivity index (χ4n) is 2.32. The van der Waals surface area contributed by atoms with Gasteiger partial charge in [-0.15, -0.1) is 0 Å². The number of carbonyl (C=O) groups excluding carboxylic acids is 2. The first-order valence-electron chi connectivity index (χ1n) is 8.10. The van der Waals surface area contributed by atoms with Crippen LogP contribution in [0.4, 0.5) is 19.0 Å². The van der Waals surface area contributed by atoms with Gasteiger partial charge in [-0.2, -0.15) is 13.2 Å². The van der Waals surface area contributed by atoms with Crippen molar-refractivity contribution in [1.29, 1.82) is 0 Å². The smallest absolute Gasteiger partial charge is 0.360 e. The van der Waals surface area contributed by atoms with Crippen molar-refractivity contribution in [3.8, 4) is 0 Å². The first-order chi connectivity index (χ1) is 12.4. The molecule has 1 heterocycles. The molecule has 1 N–H and O–H groups in total. The zero-order valence-electron chi connectivity index (χ0n) is 15.3. The van der Waals surface area contributed by atoms with E-state index < -0.39 is 29.1 Å². The van der Waals surface area contributed by atoms with Crippen LogP contribution in [0.2, 0.25) is 0 Å². The Hall–Kier alpha value is -2.84. The first kappa shape index (κ1) is 20.5. The summed E-state index contributed by atoms with van der Waals surface area (Å²) in [6, 6.07) is 5.40. The molecule has 0 saturated heterocycles. The Labute approximate surface area is 154 Å². The lowest BCUT2D eigenvalue weighted by molar-refractivity contribution is -0.137. The van der Waals surface area contributed by atoms with Gasteiger partial charge in [0.25, 0.3) is 5.91 Å². The summed E-state index contributed by atoms with van der Waals surface area (Å²) in [5.74, 6) is -0.326. The zero-order chi connectivity index (χ0) is 20.4. The summed E-state index contributed by atoms with van der Waals surface area (Å²) in [7, 11) is 0. The van der Waals surface area contributed by atoms with E-state index in [1.807, 2.05) is 0 Å². The predicted molar refractivity (Wildman–Crippen MR) is 92.1 cm³/mol. The number of aryl methyl sites for hydroxylation is 1. The van der Waals surface area contributed by atoms with Crippen LogP contribution in [0.3, 0.4) is 0 Å². The van der Waals surface area contributed by atoms with Crippen molar-refractivity contribution < 1.29 is 27.3 Å². The van der Waals surface area contributed by atoms with Crippen LogP contribution >= 0.6 is 0 Å². The molecule has 146 valence electrons. The van der Waals surface area contributed by atoms with Crippen LogP contribution in [0.15, 0.2) is 34.9 Å². The van der Waals surface area contributed by atoms with E-state index in [-0.39, 0.29) is 17.9 Å². The van der Waals surface area contributed by atoms with Crippen LogP contribution in [-0.4, -0.2) is 34.0 Å². The topological polar surface area (TPSA) is 75.4 Å². The third-order valence-electron chi connectivity index (χ3n) is 3.71. The third kappa shape index (κ3) is 5.32. The lowest BCUT2D eigenvalue weighted by atomic mass is 10.0. The number of hydrogen-bond donors (Lipinski definition) is 1. The normalized spacial score (nSPS) is 12.0. The molecule has 0 aliphatic rings. The van der Waals surface area contributed by atoms with Crippen LogP contribution in [0, 0.1) is 6.92 Å². The second-order valence-corrected chi connectivity index (χ2v) is 7.01. The molecule has 0 bridgehead atoms. The van der Waals surface area contributed by atoms with Crippen molar-refractivity contribution in [3.05, 3.63) is 47.2 Å². The second kappa shape index (κ2) is 7.42. The minimum atomic E-state index is -4.49. The number of nitrogens with one attached hydrogen (secondary N) is 1. The van der Waals surface area contributed by atoms with E-state index in [9.17, 15) is 22.8 Å². The maximum atomic E-state index is 12.8. The van der Waals surface area contributed by atoms with Gasteiger partial charge in [-0.25, -0.2) is 0 Å². The number of benzene rings is 1. The van der Waals surface area contributed by atoms with E-state index >= 15 is 0 Å². The maximum absolute atomic E-state index is 12.8. The van der Waals surface area contributed by atoms with Gasteiger partial charge in [-0.3, -0.25) is 9.59 Å². The van der Waals surface area contributed by atoms with E-state index in [2.05, 4.69) is 10.5 Å². The average molecular weight is 383 g/mol. The highest BCUT2D eigenvalue weighted by atomic mass is 19.4. The van der Waals surface area contributed by atoms with Gasteiger partial charge >= 0.3 is 6.18 Å². The minimum Gasteiger partial charge on any atom is -0.360 e. The molecule has 2 rings (SSSR count). The molecule has 0 unspecified atom stereocenters. The van der Waals surface area contributed by atoms with Crippen LogP contribution in [0.5, 0.6) is 0 Å². The quantitative estimate of drug-likeness (QED) is 0.869. The van der Waals surface area contributed by atoms with Crippen molar-refractivity contribution in [2.75, 3.05) is 11.9 Å². The molecule has 0 spiro atoms. The van der Waals surface area contributed by atoms with Crippen LogP contribution in [0.1, 0.15) is 42.5 Å². The number of rotatable bonds is 4. The van der Waals surface area contributed by atoms with E-state index in [1.165, 1.54) is 11.0 Å². The summed E-state index contributed by atoms with van der Waals surface area (Å²) < 4.78 is 42.9. The molecular weight excluding hydrogens is 363 g/mol. The lowest BCUT2D eigenvalue weighted by Crippen LogP contribution is -2.49. The lowest BCUT2D eigenvalue weighted by Gasteiger charge is -2.35. The zero-order valence-corrected chi connectivity index (χ0v) is 15.3. The van der Waals surface area contributed by atoms with Crippen molar-refractivity contribution >= 4 is 17.6 Å². The predicted octanol–water partition coefficient (Wildman–Crippen LogP) is 3.88. The summed E-state index contributed by atoms with van der Waals surface area (Å²) in [6.07, 6.45) is -4.49. The SMILES string of the molecule is Cc1cc(NC(=O)CN(C(=O)c2ccc(C(F)(F)F)cc2)C(C)(C)C)no1. The first-order valence-corrected chi connectivity index (χ1v) is 8.10. The molecule has 27 heavy (non-hydrogen) atoms. The van der Waals surface area contributed by atoms with E-state index in [1.54, 1.807) is 27.7 Å². The Morgan fingerprint density at radius 3 is 2.19 bits per heavy atom. The van der Waals surface area contributed by atoms with Crippen molar-refractivity contribution in [2.24, 2.45) is 0 Å². The highest BCUT2D eigenvalue weighted by Gasteiger charge is 2.32. The molecule has 0 saturated carbocycles. The summed E-state index contributed by atoms with van der Waals surface area (Å²) in [6.45, 7) is 6.54. The fraction of sp³-hybridized carbons (Fsp3) is 0.389. The Kier molecular flexibility index (Phi) is 5.62. The fourth-order valence-corrected chi connectivity index (χ4v) is 2.32. The number of anilines is 1. The van der Waals surface area contributed by atoms with Crippen molar-refractivity contribution in [2.45, 2.75) is 39.4 Å². The third-order valence-corrected chi connectivity index (χ3v) is 3.71. The van der Waals surface area contributed by atoms with E-state index in [0.717, 1.165) is 24.3 Å². The number of nitrogens with zero attached hydrogens (tertiary/aromatic N) is 2. The van der Waals surface area contributed by atoms with Crippen molar-refractivity contribution in [1.82, 2.24) is 10.1 Å². The minimum absolute atomic E-state index is 0.0583. The summed E-state index contributed by atoms with van der Waals surface area (Å²) in [5, 5.41) is 6.16. The Balaban J connectivity index is 2.17. The molecule has 0 atom stereocenters. The van der Waals surface area contributed by atoms with E-state index in [0.29, 0.717) is 5.76 Å². The molecule has 1 aromatic carbocycles. The van der Waals surface area contributed by atoms with Gasteiger partial charge in [-0.1, -0.05) is 5.16 Å². The number of halogens is 3. The number of alkyl halides is 3. The monoisotopic (exact) mass is 383 g/mol. The number of hydrogen-bond acceptors (Lipinski definition) is 4. The van der Waals surface area contributed by atoms with Gasteiger partial charge in [0.1, 0.15) is 12.3 Å². The van der Waals surface area contributed by atoms with Gasteiger partial charge < -0.3 is 14.7 Å². The van der Waals surface area contributed by atoms with Gasteiger partial charge in [0.2, 0.25) is 5.91 Å². The number of aromatic nitrogens is 1. The van der Waals surface area contributed by atoms with Crippen LogP contribution in [-0.2, 0) is 11.0 Å². The Morgan fingerprint density at radius 2 is 1.74 bits per heavy atom. The largest absolute Gasteiger partial charge is 0.416 e. The van der Waals surface area contributed by atoms with Crippen LogP contribution in [0.25, 0.3) is 0 Å². The van der Waals surface area contributed by atoms with Crippen molar-refractivity contribution in [3.63, 3.8) is 0 Å².